The highest BCUT2D eigenvalue weighted by Gasteiger charge is 2.23. The van der Waals surface area contributed by atoms with Gasteiger partial charge in [0.25, 0.3) is 0 Å². The third-order valence-corrected chi connectivity index (χ3v) is 3.88. The Morgan fingerprint density at radius 3 is 2.75 bits per heavy atom. The number of hydrogen-bond donors (Lipinski definition) is 3. The number of thioether (sulfide) groups is 1. The van der Waals surface area contributed by atoms with Crippen LogP contribution in [0.5, 0.6) is 0 Å². The summed E-state index contributed by atoms with van der Waals surface area (Å²) in [6.45, 7) is 1.67. The second-order valence-electron chi connectivity index (χ2n) is 4.04. The molecule has 0 aromatic carbocycles. The zero-order valence-corrected chi connectivity index (χ0v) is 11.8. The Bertz CT molecular complexity index is 507. The molecule has 0 aliphatic carbocycles. The van der Waals surface area contributed by atoms with Gasteiger partial charge in [-0.25, -0.2) is 9.78 Å². The maximum Gasteiger partial charge on any atom is 0.337 e. The van der Waals surface area contributed by atoms with E-state index in [1.807, 2.05) is 6.26 Å². The van der Waals surface area contributed by atoms with Gasteiger partial charge < -0.3 is 15.5 Å². The number of rotatable bonds is 7. The highest BCUT2D eigenvalue weighted by Crippen LogP contribution is 2.25. The third kappa shape index (κ3) is 3.81. The average Bonchev–Trinajstić information content (AvgIpc) is 2.39. The predicted octanol–water partition coefficient (Wildman–Crippen LogP) is 1.21. The van der Waals surface area contributed by atoms with Crippen molar-refractivity contribution < 1.29 is 19.9 Å². The van der Waals surface area contributed by atoms with E-state index in [0.717, 1.165) is 12.3 Å². The minimum atomic E-state index is -1.28. The zero-order valence-electron chi connectivity index (χ0n) is 10.9. The minimum absolute atomic E-state index is 0.0139. The number of nitrogens with one attached hydrogen (secondary N) is 1. The molecular weight excluding hydrogens is 286 g/mol. The quantitative estimate of drug-likeness (QED) is 0.507. The molecule has 1 aromatic rings. The summed E-state index contributed by atoms with van der Waals surface area (Å²) < 4.78 is 0. The van der Waals surface area contributed by atoms with E-state index in [1.54, 1.807) is 6.92 Å². The normalized spacial score (nSPS) is 13.6. The van der Waals surface area contributed by atoms with Crippen LogP contribution in [0.15, 0.2) is 12.3 Å². The molecule has 1 heterocycles. The lowest BCUT2D eigenvalue weighted by molar-refractivity contribution is -0.384. The van der Waals surface area contributed by atoms with Gasteiger partial charge in [0.15, 0.2) is 0 Å². The first-order valence-corrected chi connectivity index (χ1v) is 6.97. The SMILES string of the molecule is CSC(CO)C(C)Nc1ncc(C(=O)O)cc1[N+](=O)[O-]. The zero-order chi connectivity index (χ0) is 15.3. The second-order valence-corrected chi connectivity index (χ2v) is 5.12. The van der Waals surface area contributed by atoms with Crippen molar-refractivity contribution in [1.82, 2.24) is 4.98 Å². The summed E-state index contributed by atoms with van der Waals surface area (Å²) in [6, 6.07) is 0.689. The molecule has 20 heavy (non-hydrogen) atoms. The Morgan fingerprint density at radius 1 is 1.65 bits per heavy atom. The number of aliphatic hydroxyl groups is 1. The Hall–Kier alpha value is -1.87. The Balaban J connectivity index is 3.06. The molecule has 2 atom stereocenters. The van der Waals surface area contributed by atoms with Gasteiger partial charge in [-0.1, -0.05) is 0 Å². The van der Waals surface area contributed by atoms with Crippen molar-refractivity contribution in [3.63, 3.8) is 0 Å². The van der Waals surface area contributed by atoms with Crippen LogP contribution in [0.2, 0.25) is 0 Å². The molecule has 0 saturated carbocycles. The van der Waals surface area contributed by atoms with Crippen LogP contribution in [0.1, 0.15) is 17.3 Å². The number of aromatic nitrogens is 1. The van der Waals surface area contributed by atoms with Crippen LogP contribution in [0, 0.1) is 10.1 Å². The smallest absolute Gasteiger partial charge is 0.337 e. The van der Waals surface area contributed by atoms with Gasteiger partial charge in [0.1, 0.15) is 0 Å². The van der Waals surface area contributed by atoms with Crippen LogP contribution in [0.25, 0.3) is 0 Å². The molecule has 3 N–H and O–H groups in total. The predicted molar refractivity (Wildman–Crippen MR) is 75.3 cm³/mol. The van der Waals surface area contributed by atoms with Gasteiger partial charge in [0, 0.05) is 23.6 Å². The van der Waals surface area contributed by atoms with Crippen molar-refractivity contribution in [3.05, 3.63) is 27.9 Å². The molecule has 9 heteroatoms. The Kier molecular flexibility index (Phi) is 5.71. The fourth-order valence-electron chi connectivity index (χ4n) is 1.57. The summed E-state index contributed by atoms with van der Waals surface area (Å²) in [6.07, 6.45) is 2.87. The molecule has 0 spiro atoms. The summed E-state index contributed by atoms with van der Waals surface area (Å²) in [5.41, 5.74) is -0.659. The molecular formula is C11H15N3O5S. The van der Waals surface area contributed by atoms with Gasteiger partial charge in [-0.15, -0.1) is 0 Å². The Labute approximate surface area is 119 Å². The standard InChI is InChI=1S/C11H15N3O5S/c1-6(9(5-15)20-2)13-10-8(14(18)19)3-7(4-12-10)11(16)17/h3-4,6,9,15H,5H2,1-2H3,(H,12,13)(H,16,17). The van der Waals surface area contributed by atoms with Crippen LogP contribution in [0.4, 0.5) is 11.5 Å². The highest BCUT2D eigenvalue weighted by atomic mass is 32.2. The molecule has 0 aliphatic rings. The summed E-state index contributed by atoms with van der Waals surface area (Å²) in [5.74, 6) is -1.29. The summed E-state index contributed by atoms with van der Waals surface area (Å²) in [7, 11) is 0. The maximum atomic E-state index is 11.0. The second kappa shape index (κ2) is 7.06. The number of carboxylic acids is 1. The number of pyridine rings is 1. The number of nitrogens with zero attached hydrogens (tertiary/aromatic N) is 2. The van der Waals surface area contributed by atoms with E-state index in [9.17, 15) is 20.0 Å². The molecule has 0 radical (unpaired) electrons. The maximum absolute atomic E-state index is 11.0. The lowest BCUT2D eigenvalue weighted by Gasteiger charge is -2.21. The summed E-state index contributed by atoms with van der Waals surface area (Å²) in [5, 5.41) is 31.6. The van der Waals surface area contributed by atoms with E-state index < -0.39 is 16.6 Å². The first kappa shape index (κ1) is 16.2. The van der Waals surface area contributed by atoms with Crippen LogP contribution >= 0.6 is 11.8 Å². The summed E-state index contributed by atoms with van der Waals surface area (Å²) in [4.78, 5) is 24.9. The minimum Gasteiger partial charge on any atom is -0.478 e. The molecule has 0 fully saturated rings. The highest BCUT2D eigenvalue weighted by molar-refractivity contribution is 7.99. The largest absolute Gasteiger partial charge is 0.478 e. The van der Waals surface area contributed by atoms with Crippen molar-refractivity contribution in [2.24, 2.45) is 0 Å². The molecule has 110 valence electrons. The fraction of sp³-hybridized carbons (Fsp3) is 0.455. The van der Waals surface area contributed by atoms with Gasteiger partial charge in [0.05, 0.1) is 17.1 Å². The first-order chi connectivity index (χ1) is 9.40. The lowest BCUT2D eigenvalue weighted by Crippen LogP contribution is -2.31. The monoisotopic (exact) mass is 301 g/mol. The van der Waals surface area contributed by atoms with Crippen LogP contribution in [-0.2, 0) is 0 Å². The lowest BCUT2D eigenvalue weighted by atomic mass is 10.2. The van der Waals surface area contributed by atoms with Gasteiger partial charge in [0.2, 0.25) is 5.82 Å². The van der Waals surface area contributed by atoms with E-state index in [0.29, 0.717) is 0 Å². The van der Waals surface area contributed by atoms with E-state index in [1.165, 1.54) is 11.8 Å². The van der Waals surface area contributed by atoms with Crippen molar-refractivity contribution in [2.45, 2.75) is 18.2 Å². The summed E-state index contributed by atoms with van der Waals surface area (Å²) >= 11 is 1.42. The Morgan fingerprint density at radius 2 is 2.30 bits per heavy atom. The van der Waals surface area contributed by atoms with Crippen molar-refractivity contribution in [2.75, 3.05) is 18.2 Å². The number of aromatic carboxylic acids is 1. The number of carbonyl (C=O) groups is 1. The van der Waals surface area contributed by atoms with E-state index in [2.05, 4.69) is 10.3 Å². The molecule has 1 rings (SSSR count). The van der Waals surface area contributed by atoms with Gasteiger partial charge >= 0.3 is 11.7 Å². The van der Waals surface area contributed by atoms with E-state index in [4.69, 9.17) is 5.11 Å². The van der Waals surface area contributed by atoms with Crippen molar-refractivity contribution >= 4 is 29.2 Å². The third-order valence-electron chi connectivity index (χ3n) is 2.72. The number of carboxylic acid groups (broad SMARTS) is 1. The van der Waals surface area contributed by atoms with Crippen molar-refractivity contribution in [1.29, 1.82) is 0 Å². The molecule has 8 nitrogen and oxygen atoms in total. The molecule has 0 amide bonds. The average molecular weight is 301 g/mol. The fourth-order valence-corrected chi connectivity index (χ4v) is 2.19. The number of hydrogen-bond acceptors (Lipinski definition) is 7. The molecule has 1 aromatic heterocycles. The first-order valence-electron chi connectivity index (χ1n) is 5.68. The number of anilines is 1. The number of aliphatic hydroxyl groups excluding tert-OH is 1. The van der Waals surface area contributed by atoms with Crippen molar-refractivity contribution in [3.8, 4) is 0 Å². The van der Waals surface area contributed by atoms with Crippen LogP contribution in [0.3, 0.4) is 0 Å². The topological polar surface area (TPSA) is 126 Å². The van der Waals surface area contributed by atoms with E-state index >= 15 is 0 Å². The van der Waals surface area contributed by atoms with Gasteiger partial charge in [-0.05, 0) is 13.2 Å². The van der Waals surface area contributed by atoms with Crippen LogP contribution < -0.4 is 5.32 Å². The molecule has 0 saturated heterocycles. The van der Waals surface area contributed by atoms with Gasteiger partial charge in [-0.2, -0.15) is 11.8 Å². The van der Waals surface area contributed by atoms with Gasteiger partial charge in [-0.3, -0.25) is 10.1 Å². The molecule has 0 bridgehead atoms. The number of nitro groups is 1. The molecule has 2 unspecified atom stereocenters. The van der Waals surface area contributed by atoms with Crippen LogP contribution in [-0.4, -0.2) is 50.2 Å². The molecule has 0 aliphatic heterocycles. The van der Waals surface area contributed by atoms with E-state index in [-0.39, 0.29) is 29.3 Å².